The van der Waals surface area contributed by atoms with E-state index in [0.29, 0.717) is 0 Å². The maximum Gasteiger partial charge on any atom is 0.394 e. The topological polar surface area (TPSA) is 89.8 Å². The van der Waals surface area contributed by atoms with Crippen LogP contribution in [0.3, 0.4) is 0 Å². The van der Waals surface area contributed by atoms with E-state index in [1.54, 1.807) is 0 Å². The third-order valence-electron chi connectivity index (χ3n) is 3.25. The Labute approximate surface area is 116 Å². The van der Waals surface area contributed by atoms with Crippen LogP contribution in [0.1, 0.15) is 12.5 Å². The van der Waals surface area contributed by atoms with Crippen molar-refractivity contribution in [1.82, 2.24) is 5.32 Å². The van der Waals surface area contributed by atoms with E-state index in [9.17, 15) is 19.9 Å². The molecule has 0 aliphatic carbocycles. The zero-order valence-corrected chi connectivity index (χ0v) is 11.2. The third kappa shape index (κ3) is 3.36. The normalized spacial score (nSPS) is 13.2. The molecule has 4 N–H and O–H groups in total. The van der Waals surface area contributed by atoms with Gasteiger partial charge in [0, 0.05) is 6.92 Å². The fourth-order valence-electron chi connectivity index (χ4n) is 2.29. The number of hydrogen-bond acceptors (Lipinski definition) is 4. The van der Waals surface area contributed by atoms with Crippen LogP contribution in [0.25, 0.3) is 10.8 Å². The minimum Gasteiger partial charge on any atom is -0.558 e. The zero-order valence-electron chi connectivity index (χ0n) is 11.2. The average Bonchev–Trinajstić information content (AvgIpc) is 2.37. The molecule has 20 heavy (non-hydrogen) atoms. The van der Waals surface area contributed by atoms with Gasteiger partial charge in [0.1, 0.15) is 0 Å². The van der Waals surface area contributed by atoms with E-state index in [4.69, 9.17) is 0 Å². The van der Waals surface area contributed by atoms with Gasteiger partial charge in [0.05, 0.1) is 0 Å². The summed E-state index contributed by atoms with van der Waals surface area (Å²) in [6.07, 6.45) is 0.129. The molecule has 0 fully saturated rings. The summed E-state index contributed by atoms with van der Waals surface area (Å²) in [5.74, 6) is -1.57. The second-order valence-electron chi connectivity index (χ2n) is 4.94. The third-order valence-corrected chi connectivity index (χ3v) is 3.25. The molecular formula is C14H17BNO4-. The predicted molar refractivity (Wildman–Crippen MR) is 77.7 cm³/mol. The Morgan fingerprint density at radius 2 is 1.80 bits per heavy atom. The van der Waals surface area contributed by atoms with Crippen molar-refractivity contribution in [3.8, 4) is 0 Å². The van der Waals surface area contributed by atoms with E-state index in [1.807, 2.05) is 42.5 Å². The number of nitrogens with one attached hydrogen (secondary N) is 1. The van der Waals surface area contributed by atoms with Crippen LogP contribution in [0, 0.1) is 0 Å². The van der Waals surface area contributed by atoms with Crippen LogP contribution >= 0.6 is 0 Å². The first-order chi connectivity index (χ1) is 9.38. The molecule has 2 aromatic carbocycles. The van der Waals surface area contributed by atoms with Crippen molar-refractivity contribution < 1.29 is 19.9 Å². The smallest absolute Gasteiger partial charge is 0.394 e. The Morgan fingerprint density at radius 1 is 1.15 bits per heavy atom. The maximum absolute atomic E-state index is 11.1. The van der Waals surface area contributed by atoms with E-state index in [1.165, 1.54) is 6.92 Å². The van der Waals surface area contributed by atoms with Gasteiger partial charge in [-0.2, -0.15) is 0 Å². The van der Waals surface area contributed by atoms with Gasteiger partial charge in [0.2, 0.25) is 5.91 Å². The van der Waals surface area contributed by atoms with E-state index in [0.717, 1.165) is 16.3 Å². The summed E-state index contributed by atoms with van der Waals surface area (Å²) < 4.78 is 0. The second kappa shape index (κ2) is 5.62. The molecule has 5 nitrogen and oxygen atoms in total. The average molecular weight is 274 g/mol. The predicted octanol–water partition coefficient (Wildman–Crippen LogP) is 0.342. The molecule has 0 aromatic heterocycles. The molecular weight excluding hydrogens is 257 g/mol. The van der Waals surface area contributed by atoms with Crippen molar-refractivity contribution in [3.63, 3.8) is 0 Å². The fraction of sp³-hybridized carbons (Fsp3) is 0.214. The molecule has 0 saturated heterocycles. The van der Waals surface area contributed by atoms with E-state index >= 15 is 0 Å². The fourth-order valence-corrected chi connectivity index (χ4v) is 2.29. The SMILES string of the molecule is CC(=O)N[C@H](Cc1cccc2ccccc12)[B-](O)(O)O. The lowest BCUT2D eigenvalue weighted by Gasteiger charge is -2.32. The van der Waals surface area contributed by atoms with Gasteiger partial charge in [-0.1, -0.05) is 42.5 Å². The van der Waals surface area contributed by atoms with Crippen molar-refractivity contribution in [3.05, 3.63) is 48.0 Å². The van der Waals surface area contributed by atoms with Crippen LogP contribution in [0.15, 0.2) is 42.5 Å². The summed E-state index contributed by atoms with van der Waals surface area (Å²) in [4.78, 5) is 11.1. The van der Waals surface area contributed by atoms with Crippen LogP contribution in [0.5, 0.6) is 0 Å². The highest BCUT2D eigenvalue weighted by atomic mass is 16.5. The lowest BCUT2D eigenvalue weighted by Crippen LogP contribution is -2.58. The first-order valence-corrected chi connectivity index (χ1v) is 6.43. The van der Waals surface area contributed by atoms with Crippen LogP contribution in [0.4, 0.5) is 0 Å². The van der Waals surface area contributed by atoms with Crippen molar-refractivity contribution >= 4 is 23.4 Å². The second-order valence-corrected chi connectivity index (χ2v) is 4.94. The number of carbonyl (C=O) groups is 1. The van der Waals surface area contributed by atoms with Gasteiger partial charge < -0.3 is 20.4 Å². The van der Waals surface area contributed by atoms with Gasteiger partial charge in [-0.3, -0.25) is 4.79 Å². The molecule has 0 spiro atoms. The number of rotatable bonds is 4. The highest BCUT2D eigenvalue weighted by Gasteiger charge is 2.29. The molecule has 0 aliphatic heterocycles. The largest absolute Gasteiger partial charge is 0.558 e. The van der Waals surface area contributed by atoms with Crippen LogP contribution < -0.4 is 5.32 Å². The van der Waals surface area contributed by atoms with Gasteiger partial charge >= 0.3 is 6.75 Å². The zero-order chi connectivity index (χ0) is 14.8. The molecule has 0 aliphatic rings. The number of carbonyl (C=O) groups excluding carboxylic acids is 1. The van der Waals surface area contributed by atoms with Crippen molar-refractivity contribution in [2.45, 2.75) is 19.3 Å². The van der Waals surface area contributed by atoms with Gasteiger partial charge in [0.15, 0.2) is 0 Å². The van der Waals surface area contributed by atoms with Crippen molar-refractivity contribution in [2.24, 2.45) is 0 Å². The molecule has 0 saturated carbocycles. The molecule has 6 heteroatoms. The molecule has 106 valence electrons. The summed E-state index contributed by atoms with van der Waals surface area (Å²) >= 11 is 0. The summed E-state index contributed by atoms with van der Waals surface area (Å²) in [7, 11) is 0. The number of benzene rings is 2. The lowest BCUT2D eigenvalue weighted by atomic mass is 9.67. The molecule has 2 rings (SSSR count). The summed E-state index contributed by atoms with van der Waals surface area (Å²) in [6.45, 7) is -2.37. The van der Waals surface area contributed by atoms with Gasteiger partial charge in [-0.05, 0) is 28.7 Å². The Hall–Kier alpha value is -1.89. The Bertz CT molecular complexity index is 619. The minimum absolute atomic E-state index is 0.129. The number of hydrogen-bond donors (Lipinski definition) is 4. The summed E-state index contributed by atoms with van der Waals surface area (Å²) in [5, 5.41) is 32.6. The first kappa shape index (κ1) is 14.5. The van der Waals surface area contributed by atoms with Crippen molar-refractivity contribution in [2.75, 3.05) is 0 Å². The molecule has 2 aromatic rings. The Balaban J connectivity index is 2.36. The summed E-state index contributed by atoms with van der Waals surface area (Å²) in [5.41, 5.74) is 0.824. The monoisotopic (exact) mass is 274 g/mol. The first-order valence-electron chi connectivity index (χ1n) is 6.43. The molecule has 0 unspecified atom stereocenters. The Morgan fingerprint density at radius 3 is 2.45 bits per heavy atom. The van der Waals surface area contributed by atoms with Crippen molar-refractivity contribution in [1.29, 1.82) is 0 Å². The summed E-state index contributed by atoms with van der Waals surface area (Å²) in [6, 6.07) is 13.3. The quantitative estimate of drug-likeness (QED) is 0.605. The lowest BCUT2D eigenvalue weighted by molar-refractivity contribution is -0.119. The highest BCUT2D eigenvalue weighted by molar-refractivity contribution is 6.58. The highest BCUT2D eigenvalue weighted by Crippen LogP contribution is 2.20. The van der Waals surface area contributed by atoms with Crippen LogP contribution in [0.2, 0.25) is 0 Å². The molecule has 1 amide bonds. The number of fused-ring (bicyclic) bond motifs is 1. The maximum atomic E-state index is 11.1. The Kier molecular flexibility index (Phi) is 4.08. The molecule has 1 atom stereocenters. The molecule has 0 radical (unpaired) electrons. The number of amides is 1. The van der Waals surface area contributed by atoms with Crippen LogP contribution in [-0.4, -0.2) is 33.7 Å². The minimum atomic E-state index is -3.64. The standard InChI is InChI=1S/C14H17BNO4/c1-10(17)16-14(15(18,19)20)9-12-7-4-6-11-5-2-3-8-13(11)12/h2-8,14,18-20H,9H2,1H3,(H,16,17)/q-1/t14-/m1/s1. The van der Waals surface area contributed by atoms with E-state index in [2.05, 4.69) is 5.32 Å². The van der Waals surface area contributed by atoms with E-state index in [-0.39, 0.29) is 6.42 Å². The molecule has 0 heterocycles. The van der Waals surface area contributed by atoms with Gasteiger partial charge in [0.25, 0.3) is 0 Å². The molecule has 0 bridgehead atoms. The van der Waals surface area contributed by atoms with Gasteiger partial charge in [-0.25, -0.2) is 0 Å². The van der Waals surface area contributed by atoms with Crippen LogP contribution in [-0.2, 0) is 11.2 Å². The van der Waals surface area contributed by atoms with E-state index < -0.39 is 18.6 Å². The van der Waals surface area contributed by atoms with Gasteiger partial charge in [-0.15, -0.1) is 0 Å².